The van der Waals surface area contributed by atoms with Crippen LogP contribution < -0.4 is 5.32 Å². The molecule has 102 valence electrons. The largest absolute Gasteiger partial charge is 0.339 e. The van der Waals surface area contributed by atoms with Crippen molar-refractivity contribution in [3.8, 4) is 0 Å². The summed E-state index contributed by atoms with van der Waals surface area (Å²) in [5.74, 6) is 1.49. The number of benzene rings is 1. The van der Waals surface area contributed by atoms with Gasteiger partial charge in [-0.15, -0.1) is 0 Å². The molecule has 1 heterocycles. The zero-order valence-electron chi connectivity index (χ0n) is 11.8. The van der Waals surface area contributed by atoms with E-state index >= 15 is 0 Å². The summed E-state index contributed by atoms with van der Waals surface area (Å²) >= 11 is 0. The number of nitrogens with zero attached hydrogens (tertiary/aromatic N) is 2. The van der Waals surface area contributed by atoms with Crippen molar-refractivity contribution in [3.05, 3.63) is 47.1 Å². The van der Waals surface area contributed by atoms with Gasteiger partial charge in [0.15, 0.2) is 5.82 Å². The second-order valence-electron chi connectivity index (χ2n) is 4.94. The van der Waals surface area contributed by atoms with Crippen molar-refractivity contribution in [1.29, 1.82) is 0 Å². The van der Waals surface area contributed by atoms with Crippen molar-refractivity contribution >= 4 is 0 Å². The van der Waals surface area contributed by atoms with E-state index in [1.165, 1.54) is 11.1 Å². The highest BCUT2D eigenvalue weighted by Gasteiger charge is 2.09. The van der Waals surface area contributed by atoms with Gasteiger partial charge in [-0.25, -0.2) is 0 Å². The van der Waals surface area contributed by atoms with E-state index in [1.54, 1.807) is 0 Å². The molecule has 1 aromatic carbocycles. The predicted octanol–water partition coefficient (Wildman–Crippen LogP) is 2.51. The molecule has 0 spiro atoms. The average molecular weight is 259 g/mol. The minimum absolute atomic E-state index is 0.465. The minimum Gasteiger partial charge on any atom is -0.339 e. The van der Waals surface area contributed by atoms with E-state index in [1.807, 2.05) is 19.2 Å². The molecule has 0 radical (unpaired) electrons. The SMILES string of the molecule is CNC(C)CCc1nc(Cc2ccccc2C)no1. The fourth-order valence-electron chi connectivity index (χ4n) is 1.93. The Labute approximate surface area is 114 Å². The monoisotopic (exact) mass is 259 g/mol. The van der Waals surface area contributed by atoms with Crippen LogP contribution in [0.15, 0.2) is 28.8 Å². The third-order valence-electron chi connectivity index (χ3n) is 3.40. The van der Waals surface area contributed by atoms with Crippen LogP contribution in [0.1, 0.15) is 36.2 Å². The lowest BCUT2D eigenvalue weighted by atomic mass is 10.1. The normalized spacial score (nSPS) is 12.6. The highest BCUT2D eigenvalue weighted by molar-refractivity contribution is 5.27. The van der Waals surface area contributed by atoms with Crippen LogP contribution >= 0.6 is 0 Å². The Morgan fingerprint density at radius 3 is 2.84 bits per heavy atom. The quantitative estimate of drug-likeness (QED) is 0.866. The van der Waals surface area contributed by atoms with Crippen molar-refractivity contribution in [3.63, 3.8) is 0 Å². The Kier molecular flexibility index (Phi) is 4.68. The van der Waals surface area contributed by atoms with E-state index in [0.29, 0.717) is 6.04 Å². The molecule has 0 aliphatic heterocycles. The lowest BCUT2D eigenvalue weighted by molar-refractivity contribution is 0.365. The third kappa shape index (κ3) is 3.89. The molecule has 4 nitrogen and oxygen atoms in total. The van der Waals surface area contributed by atoms with Gasteiger partial charge in [-0.3, -0.25) is 0 Å². The lowest BCUT2D eigenvalue weighted by Gasteiger charge is -2.06. The minimum atomic E-state index is 0.465. The maximum absolute atomic E-state index is 5.28. The molecule has 0 bridgehead atoms. The van der Waals surface area contributed by atoms with Crippen molar-refractivity contribution in [2.45, 2.75) is 39.2 Å². The molecule has 1 N–H and O–H groups in total. The maximum atomic E-state index is 5.28. The van der Waals surface area contributed by atoms with E-state index in [2.05, 4.69) is 41.4 Å². The highest BCUT2D eigenvalue weighted by Crippen LogP contribution is 2.12. The van der Waals surface area contributed by atoms with Gasteiger partial charge in [0.05, 0.1) is 0 Å². The van der Waals surface area contributed by atoms with E-state index in [9.17, 15) is 0 Å². The summed E-state index contributed by atoms with van der Waals surface area (Å²) < 4.78 is 5.28. The van der Waals surface area contributed by atoms with Gasteiger partial charge in [0.25, 0.3) is 0 Å². The lowest BCUT2D eigenvalue weighted by Crippen LogP contribution is -2.21. The number of rotatable bonds is 6. The molecule has 0 saturated carbocycles. The summed E-state index contributed by atoms with van der Waals surface area (Å²) in [6.07, 6.45) is 2.56. The molecule has 0 fully saturated rings. The predicted molar refractivity (Wildman–Crippen MR) is 75.1 cm³/mol. The van der Waals surface area contributed by atoms with Gasteiger partial charge in [-0.05, 0) is 38.4 Å². The van der Waals surface area contributed by atoms with Crippen molar-refractivity contribution < 1.29 is 4.52 Å². The first-order chi connectivity index (χ1) is 9.19. The topological polar surface area (TPSA) is 51.0 Å². The molecule has 0 aliphatic carbocycles. The van der Waals surface area contributed by atoms with Crippen molar-refractivity contribution in [2.75, 3.05) is 7.05 Å². The van der Waals surface area contributed by atoms with Gasteiger partial charge in [0.2, 0.25) is 5.89 Å². The Hall–Kier alpha value is -1.68. The average Bonchev–Trinajstić information content (AvgIpc) is 2.86. The van der Waals surface area contributed by atoms with Gasteiger partial charge in [0.1, 0.15) is 0 Å². The summed E-state index contributed by atoms with van der Waals surface area (Å²) in [5, 5.41) is 7.25. The fraction of sp³-hybridized carbons (Fsp3) is 0.467. The van der Waals surface area contributed by atoms with Crippen LogP contribution in [0.2, 0.25) is 0 Å². The first kappa shape index (κ1) is 13.7. The number of hydrogen-bond acceptors (Lipinski definition) is 4. The van der Waals surface area contributed by atoms with E-state index in [4.69, 9.17) is 4.52 Å². The molecular weight excluding hydrogens is 238 g/mol. The molecule has 0 amide bonds. The zero-order chi connectivity index (χ0) is 13.7. The van der Waals surface area contributed by atoms with Crippen LogP contribution in [-0.2, 0) is 12.8 Å². The first-order valence-electron chi connectivity index (χ1n) is 6.72. The van der Waals surface area contributed by atoms with Gasteiger partial charge < -0.3 is 9.84 Å². The molecule has 4 heteroatoms. The first-order valence-corrected chi connectivity index (χ1v) is 6.72. The van der Waals surface area contributed by atoms with Crippen molar-refractivity contribution in [1.82, 2.24) is 15.5 Å². The summed E-state index contributed by atoms with van der Waals surface area (Å²) in [5.41, 5.74) is 2.51. The summed E-state index contributed by atoms with van der Waals surface area (Å²) in [4.78, 5) is 4.45. The van der Waals surface area contributed by atoms with Crippen LogP contribution in [0.25, 0.3) is 0 Å². The highest BCUT2D eigenvalue weighted by atomic mass is 16.5. The molecule has 2 rings (SSSR count). The number of aromatic nitrogens is 2. The Morgan fingerprint density at radius 2 is 2.11 bits per heavy atom. The Morgan fingerprint density at radius 1 is 1.32 bits per heavy atom. The molecule has 1 atom stereocenters. The second kappa shape index (κ2) is 6.48. The van der Waals surface area contributed by atoms with Crippen LogP contribution in [-0.4, -0.2) is 23.2 Å². The number of hydrogen-bond donors (Lipinski definition) is 1. The van der Waals surface area contributed by atoms with Crippen LogP contribution in [0.5, 0.6) is 0 Å². The van der Waals surface area contributed by atoms with Gasteiger partial charge in [-0.2, -0.15) is 4.98 Å². The molecule has 2 aromatic rings. The maximum Gasteiger partial charge on any atom is 0.226 e. The summed E-state index contributed by atoms with van der Waals surface area (Å²) in [7, 11) is 1.96. The van der Waals surface area contributed by atoms with E-state index in [0.717, 1.165) is 31.0 Å². The molecule has 19 heavy (non-hydrogen) atoms. The van der Waals surface area contributed by atoms with Gasteiger partial charge >= 0.3 is 0 Å². The number of nitrogens with one attached hydrogen (secondary N) is 1. The Bertz CT molecular complexity index is 522. The van der Waals surface area contributed by atoms with Crippen LogP contribution in [0.3, 0.4) is 0 Å². The fourth-order valence-corrected chi connectivity index (χ4v) is 1.93. The molecule has 1 aromatic heterocycles. The third-order valence-corrected chi connectivity index (χ3v) is 3.40. The second-order valence-corrected chi connectivity index (χ2v) is 4.94. The molecule has 0 saturated heterocycles. The van der Waals surface area contributed by atoms with E-state index in [-0.39, 0.29) is 0 Å². The zero-order valence-corrected chi connectivity index (χ0v) is 11.8. The van der Waals surface area contributed by atoms with Gasteiger partial charge in [-0.1, -0.05) is 29.4 Å². The van der Waals surface area contributed by atoms with Crippen LogP contribution in [0.4, 0.5) is 0 Å². The van der Waals surface area contributed by atoms with E-state index < -0.39 is 0 Å². The molecular formula is C15H21N3O. The smallest absolute Gasteiger partial charge is 0.226 e. The molecule has 0 aliphatic rings. The summed E-state index contributed by atoms with van der Waals surface area (Å²) in [6.45, 7) is 4.25. The van der Waals surface area contributed by atoms with Gasteiger partial charge in [0, 0.05) is 18.9 Å². The molecule has 1 unspecified atom stereocenters. The standard InChI is InChI=1S/C15H21N3O/c1-11-6-4-5-7-13(11)10-14-17-15(19-18-14)9-8-12(2)16-3/h4-7,12,16H,8-10H2,1-3H3. The van der Waals surface area contributed by atoms with Crippen molar-refractivity contribution in [2.24, 2.45) is 0 Å². The van der Waals surface area contributed by atoms with Crippen LogP contribution in [0, 0.1) is 6.92 Å². The Balaban J connectivity index is 1.96. The summed E-state index contributed by atoms with van der Waals surface area (Å²) in [6, 6.07) is 8.75. The number of aryl methyl sites for hydroxylation is 2.